The highest BCUT2D eigenvalue weighted by molar-refractivity contribution is 9.10. The van der Waals surface area contributed by atoms with E-state index >= 15 is 0 Å². The number of aromatic nitrogens is 3. The number of anilines is 1. The molecular weight excluding hydrogens is 301 g/mol. The van der Waals surface area contributed by atoms with Crippen molar-refractivity contribution >= 4 is 21.7 Å². The number of halogens is 4. The molecule has 2 aromatic rings. The molecule has 17 heavy (non-hydrogen) atoms. The highest BCUT2D eigenvalue weighted by atomic mass is 79.9. The molecule has 2 rings (SSSR count). The fraction of sp³-hybridized carbons (Fsp3) is 0.111. The summed E-state index contributed by atoms with van der Waals surface area (Å²) in [4.78, 5) is 0.852. The Labute approximate surface area is 102 Å². The standard InChI is InChI=1S/C9H6BrF3N4/c10-5-1-2-7(6(3-5)9(11,12)13)17-15-4-8(14)16-17/h1-4H,(H2,14,16). The first-order chi connectivity index (χ1) is 7.88. The summed E-state index contributed by atoms with van der Waals surface area (Å²) in [6.45, 7) is 0. The molecule has 0 bridgehead atoms. The van der Waals surface area contributed by atoms with E-state index < -0.39 is 11.7 Å². The van der Waals surface area contributed by atoms with Gasteiger partial charge in [-0.25, -0.2) is 0 Å². The van der Waals surface area contributed by atoms with E-state index in [2.05, 4.69) is 26.1 Å². The van der Waals surface area contributed by atoms with Crippen LogP contribution in [0.4, 0.5) is 19.0 Å². The van der Waals surface area contributed by atoms with Gasteiger partial charge in [0.15, 0.2) is 5.82 Å². The van der Waals surface area contributed by atoms with Crippen LogP contribution >= 0.6 is 15.9 Å². The zero-order chi connectivity index (χ0) is 12.6. The predicted octanol–water partition coefficient (Wildman–Crippen LogP) is 2.63. The van der Waals surface area contributed by atoms with E-state index in [0.717, 1.165) is 10.9 Å². The fourth-order valence-corrected chi connectivity index (χ4v) is 1.66. The van der Waals surface area contributed by atoms with Gasteiger partial charge in [-0.05, 0) is 18.2 Å². The van der Waals surface area contributed by atoms with Crippen molar-refractivity contribution in [3.05, 3.63) is 34.4 Å². The molecule has 0 aliphatic heterocycles. The molecule has 2 N–H and O–H groups in total. The molecule has 0 atom stereocenters. The molecule has 1 heterocycles. The third-order valence-electron chi connectivity index (χ3n) is 1.99. The smallest absolute Gasteiger partial charge is 0.381 e. The van der Waals surface area contributed by atoms with Crippen molar-refractivity contribution in [1.29, 1.82) is 0 Å². The number of nitrogens with zero attached hydrogens (tertiary/aromatic N) is 3. The second kappa shape index (κ2) is 4.02. The Hall–Kier alpha value is -1.57. The lowest BCUT2D eigenvalue weighted by Crippen LogP contribution is -2.12. The van der Waals surface area contributed by atoms with Gasteiger partial charge in [0, 0.05) is 4.47 Å². The number of benzene rings is 1. The van der Waals surface area contributed by atoms with Gasteiger partial charge in [-0.2, -0.15) is 18.3 Å². The summed E-state index contributed by atoms with van der Waals surface area (Å²) < 4.78 is 38.7. The molecule has 4 nitrogen and oxygen atoms in total. The maximum Gasteiger partial charge on any atom is 0.418 e. The Morgan fingerprint density at radius 2 is 2.00 bits per heavy atom. The quantitative estimate of drug-likeness (QED) is 0.881. The summed E-state index contributed by atoms with van der Waals surface area (Å²) in [6.07, 6.45) is -3.30. The Balaban J connectivity index is 2.61. The van der Waals surface area contributed by atoms with Gasteiger partial charge in [0.25, 0.3) is 0 Å². The van der Waals surface area contributed by atoms with Crippen LogP contribution in [0.15, 0.2) is 28.9 Å². The Kier molecular flexibility index (Phi) is 2.82. The van der Waals surface area contributed by atoms with Crippen LogP contribution in [-0.4, -0.2) is 15.0 Å². The first-order valence-electron chi connectivity index (χ1n) is 4.43. The van der Waals surface area contributed by atoms with Crippen LogP contribution in [0.25, 0.3) is 5.69 Å². The average molecular weight is 307 g/mol. The molecule has 0 saturated heterocycles. The molecule has 0 unspecified atom stereocenters. The normalized spacial score (nSPS) is 11.8. The van der Waals surface area contributed by atoms with E-state index in [0.29, 0.717) is 4.47 Å². The van der Waals surface area contributed by atoms with Crippen molar-refractivity contribution < 1.29 is 13.2 Å². The van der Waals surface area contributed by atoms with Crippen LogP contribution in [0.5, 0.6) is 0 Å². The fourth-order valence-electron chi connectivity index (χ4n) is 1.30. The van der Waals surface area contributed by atoms with Crippen LogP contribution in [0.2, 0.25) is 0 Å². The summed E-state index contributed by atoms with van der Waals surface area (Å²) in [5.41, 5.74) is 4.32. The Bertz CT molecular complexity index is 549. The molecule has 0 spiro atoms. The molecule has 1 aromatic carbocycles. The van der Waals surface area contributed by atoms with Crippen LogP contribution in [0, 0.1) is 0 Å². The number of alkyl halides is 3. The highest BCUT2D eigenvalue weighted by Gasteiger charge is 2.34. The SMILES string of the molecule is Nc1cnn(-c2ccc(Br)cc2C(F)(F)F)n1. The minimum absolute atomic E-state index is 0.0565. The van der Waals surface area contributed by atoms with Crippen molar-refractivity contribution in [2.75, 3.05) is 5.73 Å². The van der Waals surface area contributed by atoms with E-state index in [9.17, 15) is 13.2 Å². The summed E-state index contributed by atoms with van der Waals surface area (Å²) in [5, 5.41) is 7.31. The predicted molar refractivity (Wildman–Crippen MR) is 58.5 cm³/mol. The number of hydrogen-bond acceptors (Lipinski definition) is 3. The van der Waals surface area contributed by atoms with Crippen LogP contribution < -0.4 is 5.73 Å². The topological polar surface area (TPSA) is 56.7 Å². The molecule has 0 saturated carbocycles. The van der Waals surface area contributed by atoms with E-state index in [1.54, 1.807) is 0 Å². The molecule has 0 aliphatic carbocycles. The van der Waals surface area contributed by atoms with Gasteiger partial charge in [-0.3, -0.25) is 0 Å². The zero-order valence-corrected chi connectivity index (χ0v) is 9.83. The van der Waals surface area contributed by atoms with Crippen LogP contribution in [-0.2, 0) is 6.18 Å². The van der Waals surface area contributed by atoms with Crippen LogP contribution in [0.1, 0.15) is 5.56 Å². The third kappa shape index (κ3) is 2.41. The first kappa shape index (κ1) is 11.9. The molecular formula is C9H6BrF3N4. The van der Waals surface area contributed by atoms with Crippen molar-refractivity contribution in [3.63, 3.8) is 0 Å². The zero-order valence-electron chi connectivity index (χ0n) is 8.24. The minimum Gasteiger partial charge on any atom is -0.381 e. The minimum atomic E-state index is -4.48. The molecule has 0 radical (unpaired) electrons. The van der Waals surface area contributed by atoms with Gasteiger partial charge in [0.05, 0.1) is 17.4 Å². The highest BCUT2D eigenvalue weighted by Crippen LogP contribution is 2.35. The second-order valence-corrected chi connectivity index (χ2v) is 4.13. The van der Waals surface area contributed by atoms with E-state index in [4.69, 9.17) is 5.73 Å². The van der Waals surface area contributed by atoms with Gasteiger partial charge in [0.2, 0.25) is 0 Å². The summed E-state index contributed by atoms with van der Waals surface area (Å²) in [6, 6.07) is 3.71. The Morgan fingerprint density at radius 3 is 2.53 bits per heavy atom. The number of hydrogen-bond donors (Lipinski definition) is 1. The van der Waals surface area contributed by atoms with Crippen LogP contribution in [0.3, 0.4) is 0 Å². The molecule has 0 fully saturated rings. The molecule has 8 heteroatoms. The molecule has 1 aromatic heterocycles. The van der Waals surface area contributed by atoms with E-state index in [-0.39, 0.29) is 11.5 Å². The van der Waals surface area contributed by atoms with Gasteiger partial charge >= 0.3 is 6.18 Å². The lowest BCUT2D eigenvalue weighted by Gasteiger charge is -2.12. The number of rotatable bonds is 1. The molecule has 0 amide bonds. The number of nitrogens with two attached hydrogens (primary N) is 1. The van der Waals surface area contributed by atoms with Crippen molar-refractivity contribution in [2.45, 2.75) is 6.18 Å². The third-order valence-corrected chi connectivity index (χ3v) is 2.48. The van der Waals surface area contributed by atoms with Crippen molar-refractivity contribution in [2.24, 2.45) is 0 Å². The maximum absolute atomic E-state index is 12.8. The Morgan fingerprint density at radius 1 is 1.29 bits per heavy atom. The molecule has 0 aliphatic rings. The molecule has 90 valence electrons. The van der Waals surface area contributed by atoms with Gasteiger partial charge in [-0.15, -0.1) is 9.90 Å². The van der Waals surface area contributed by atoms with E-state index in [1.165, 1.54) is 18.3 Å². The lowest BCUT2D eigenvalue weighted by atomic mass is 10.2. The van der Waals surface area contributed by atoms with E-state index in [1.807, 2.05) is 0 Å². The summed E-state index contributed by atoms with van der Waals surface area (Å²) in [5.74, 6) is 0.0565. The lowest BCUT2D eigenvalue weighted by molar-refractivity contribution is -0.137. The van der Waals surface area contributed by atoms with Gasteiger partial charge < -0.3 is 5.73 Å². The van der Waals surface area contributed by atoms with Gasteiger partial charge in [-0.1, -0.05) is 15.9 Å². The largest absolute Gasteiger partial charge is 0.418 e. The van der Waals surface area contributed by atoms with Gasteiger partial charge in [0.1, 0.15) is 0 Å². The number of nitrogen functional groups attached to an aromatic ring is 1. The monoisotopic (exact) mass is 306 g/mol. The summed E-state index contributed by atoms with van der Waals surface area (Å²) >= 11 is 2.99. The second-order valence-electron chi connectivity index (χ2n) is 3.22. The maximum atomic E-state index is 12.8. The summed E-state index contributed by atoms with van der Waals surface area (Å²) in [7, 11) is 0. The van der Waals surface area contributed by atoms with Crippen molar-refractivity contribution in [1.82, 2.24) is 15.0 Å². The first-order valence-corrected chi connectivity index (χ1v) is 5.22. The average Bonchev–Trinajstić information content (AvgIpc) is 2.63. The van der Waals surface area contributed by atoms with Crippen molar-refractivity contribution in [3.8, 4) is 5.69 Å².